The fourth-order valence-electron chi connectivity index (χ4n) is 0.207. The van der Waals surface area contributed by atoms with E-state index in [1.807, 2.05) is 0 Å². The molecule has 0 fully saturated rings. The summed E-state index contributed by atoms with van der Waals surface area (Å²) < 4.78 is 57.4. The van der Waals surface area contributed by atoms with Crippen LogP contribution in [0.5, 0.6) is 0 Å². The van der Waals surface area contributed by atoms with Gasteiger partial charge in [0, 0.05) is 0 Å². The van der Waals surface area contributed by atoms with Crippen molar-refractivity contribution in [3.8, 4) is 0 Å². The van der Waals surface area contributed by atoms with Crippen molar-refractivity contribution in [1.29, 1.82) is 1.12 Å². The van der Waals surface area contributed by atoms with Crippen LogP contribution in [0.25, 0.3) is 0 Å². The molecule has 0 aromatic rings. The fourth-order valence-corrected chi connectivity index (χ4v) is 0.826. The highest BCUT2D eigenvalue weighted by Gasteiger charge is 2.02. The van der Waals surface area contributed by atoms with E-state index in [0.29, 0.717) is 0 Å². The Kier molecular flexibility index (Phi) is 3.06. The highest BCUT2D eigenvalue weighted by Crippen LogP contribution is 1.84. The molecular formula is C2H6O6S2. The standard InChI is InChI=1S/C2H6O6S2/c3-9(4)2-1-8-10(5,6)7/h9H,1-2H2,(H,5,6,7)/i9D. The maximum absolute atomic E-state index is 10.0. The Morgan fingerprint density at radius 3 is 2.40 bits per heavy atom. The van der Waals surface area contributed by atoms with Gasteiger partial charge in [0.05, 0.1) is 12.4 Å². The van der Waals surface area contributed by atoms with Crippen molar-refractivity contribution in [2.45, 2.75) is 0 Å². The molecule has 0 bridgehead atoms. The van der Waals surface area contributed by atoms with Crippen molar-refractivity contribution in [2.24, 2.45) is 0 Å². The van der Waals surface area contributed by atoms with Gasteiger partial charge >= 0.3 is 10.4 Å². The molecule has 0 atom stereocenters. The first kappa shape index (κ1) is 7.92. The van der Waals surface area contributed by atoms with Crippen LogP contribution in [-0.2, 0) is 25.2 Å². The normalized spacial score (nSPS) is 14.7. The molecular weight excluding hydrogens is 184 g/mol. The van der Waals surface area contributed by atoms with Crippen molar-refractivity contribution in [3.05, 3.63) is 0 Å². The molecule has 10 heavy (non-hydrogen) atoms. The first-order chi connectivity index (χ1) is 4.71. The molecule has 0 aromatic heterocycles. The van der Waals surface area contributed by atoms with E-state index in [2.05, 4.69) is 4.18 Å². The highest BCUT2D eigenvalue weighted by atomic mass is 32.3. The Hall–Kier alpha value is -0.180. The smallest absolute Gasteiger partial charge is 0.264 e. The van der Waals surface area contributed by atoms with E-state index >= 15 is 0 Å². The van der Waals surface area contributed by atoms with Gasteiger partial charge in [-0.05, 0) is 0 Å². The second kappa shape index (κ2) is 3.86. The molecule has 0 rings (SSSR count). The highest BCUT2D eigenvalue weighted by molar-refractivity contribution is 7.81. The van der Waals surface area contributed by atoms with Crippen molar-refractivity contribution >= 4 is 21.0 Å². The maximum atomic E-state index is 10.0. The Labute approximate surface area is 60.8 Å². The van der Waals surface area contributed by atoms with Gasteiger partial charge in [0.2, 0.25) is 0 Å². The van der Waals surface area contributed by atoms with Crippen molar-refractivity contribution in [2.75, 3.05) is 12.4 Å². The largest absolute Gasteiger partial charge is 0.397 e. The summed E-state index contributed by atoms with van der Waals surface area (Å²) in [5, 5.41) is 0. The molecule has 6 nitrogen and oxygen atoms in total. The monoisotopic (exact) mass is 191 g/mol. The van der Waals surface area contributed by atoms with Crippen LogP contribution in [0.1, 0.15) is 0 Å². The fraction of sp³-hybridized carbons (Fsp3) is 1.00. The lowest BCUT2D eigenvalue weighted by Crippen LogP contribution is -2.08. The van der Waals surface area contributed by atoms with Crippen molar-refractivity contribution < 1.29 is 25.6 Å². The molecule has 0 aromatic carbocycles. The predicted octanol–water partition coefficient (Wildman–Crippen LogP) is -1.58. The van der Waals surface area contributed by atoms with Gasteiger partial charge in [0.15, 0.2) is 1.12 Å². The zero-order valence-corrected chi connectivity index (χ0v) is 6.35. The molecule has 0 aliphatic rings. The van der Waals surface area contributed by atoms with Crippen LogP contribution in [0.4, 0.5) is 0 Å². The van der Waals surface area contributed by atoms with Crippen LogP contribution in [0.2, 0.25) is 0 Å². The van der Waals surface area contributed by atoms with Gasteiger partial charge in [-0.3, -0.25) is 4.55 Å². The zero-order chi connectivity index (χ0) is 9.12. The van der Waals surface area contributed by atoms with Gasteiger partial charge in [-0.1, -0.05) is 0 Å². The second-order valence-corrected chi connectivity index (χ2v) is 3.36. The lowest BCUT2D eigenvalue weighted by Gasteiger charge is -1.92. The Morgan fingerprint density at radius 1 is 1.60 bits per heavy atom. The van der Waals surface area contributed by atoms with Crippen LogP contribution in [0, 0.1) is 0 Å². The topological polar surface area (TPSA) is 97.7 Å². The summed E-state index contributed by atoms with van der Waals surface area (Å²) in [7, 11) is -8.59. The zero-order valence-electron chi connectivity index (χ0n) is 5.72. The number of rotatable bonds is 4. The summed E-state index contributed by atoms with van der Waals surface area (Å²) in [5.41, 5.74) is 0. The van der Waals surface area contributed by atoms with Crippen LogP contribution in [0.3, 0.4) is 0 Å². The van der Waals surface area contributed by atoms with Gasteiger partial charge in [-0.2, -0.15) is 8.42 Å². The van der Waals surface area contributed by atoms with E-state index in [1.165, 1.54) is 0 Å². The van der Waals surface area contributed by atoms with Gasteiger partial charge in [0.1, 0.15) is 10.6 Å². The van der Waals surface area contributed by atoms with Crippen molar-refractivity contribution in [1.82, 2.24) is 0 Å². The molecule has 62 valence electrons. The predicted molar refractivity (Wildman–Crippen MR) is 32.7 cm³/mol. The summed E-state index contributed by atoms with van der Waals surface area (Å²) in [6.07, 6.45) is 0. The molecule has 8 heteroatoms. The summed E-state index contributed by atoms with van der Waals surface area (Å²) in [5.74, 6) is -0.771. The Bertz CT molecular complexity index is 267. The van der Waals surface area contributed by atoms with Gasteiger partial charge in [-0.25, -0.2) is 12.6 Å². The lowest BCUT2D eigenvalue weighted by molar-refractivity contribution is 0.284. The lowest BCUT2D eigenvalue weighted by atomic mass is 10.9. The summed E-state index contributed by atoms with van der Waals surface area (Å²) in [6, 6.07) is 0. The van der Waals surface area contributed by atoms with Crippen LogP contribution >= 0.6 is 0 Å². The molecule has 0 saturated carbocycles. The van der Waals surface area contributed by atoms with Gasteiger partial charge in [0.25, 0.3) is 0 Å². The Balaban J connectivity index is 3.79. The summed E-state index contributed by atoms with van der Waals surface area (Å²) in [4.78, 5) is 0. The third kappa shape index (κ3) is 7.82. The van der Waals surface area contributed by atoms with Gasteiger partial charge in [-0.15, -0.1) is 0 Å². The molecule has 0 amide bonds. The second-order valence-electron chi connectivity index (χ2n) is 1.26. The van der Waals surface area contributed by atoms with Gasteiger partial charge < -0.3 is 0 Å². The van der Waals surface area contributed by atoms with Crippen molar-refractivity contribution in [3.63, 3.8) is 0 Å². The van der Waals surface area contributed by atoms with Crippen LogP contribution in [-0.4, -0.2) is 34.9 Å². The molecule has 0 saturated heterocycles. The molecule has 0 aliphatic heterocycles. The quantitative estimate of drug-likeness (QED) is 0.411. The summed E-state index contributed by atoms with van der Waals surface area (Å²) in [6.45, 7) is -0.745. The van der Waals surface area contributed by atoms with E-state index in [1.54, 1.807) is 0 Å². The number of hydrogen-bond donors (Lipinski definition) is 2. The minimum absolute atomic E-state index is 0.745. The number of thiol groups is 1. The Morgan fingerprint density at radius 2 is 2.10 bits per heavy atom. The average molecular weight is 191 g/mol. The van der Waals surface area contributed by atoms with E-state index in [4.69, 9.17) is 5.68 Å². The minimum atomic E-state index is -4.59. The molecule has 1 N–H and O–H groups in total. The van der Waals surface area contributed by atoms with E-state index in [0.717, 1.165) is 0 Å². The minimum Gasteiger partial charge on any atom is -0.264 e. The third-order valence-corrected chi connectivity index (χ3v) is 1.45. The molecule has 0 spiro atoms. The van der Waals surface area contributed by atoms with E-state index in [9.17, 15) is 16.8 Å². The van der Waals surface area contributed by atoms with Crippen LogP contribution in [0.15, 0.2) is 0 Å². The molecule has 0 unspecified atom stereocenters. The summed E-state index contributed by atoms with van der Waals surface area (Å²) >= 11 is 0. The van der Waals surface area contributed by atoms with Crippen LogP contribution < -0.4 is 0 Å². The van der Waals surface area contributed by atoms with E-state index < -0.39 is 33.4 Å². The molecule has 0 radical (unpaired) electrons. The third-order valence-electron chi connectivity index (χ3n) is 0.482. The average Bonchev–Trinajstić information content (AvgIpc) is 1.55. The SMILES string of the molecule is [2H]S(=O)(=O)CCOS(=O)(=O)O. The molecule has 0 aliphatic carbocycles. The first-order valence-corrected chi connectivity index (χ1v) is 4.70. The maximum Gasteiger partial charge on any atom is 0.397 e. The van der Waals surface area contributed by atoms with E-state index in [-0.39, 0.29) is 0 Å². The number of hydrogen-bond acceptors (Lipinski definition) is 5. The molecule has 0 heterocycles. The first-order valence-electron chi connectivity index (χ1n) is 2.50.